The molecule has 0 radical (unpaired) electrons. The van der Waals surface area contributed by atoms with Gasteiger partial charge < -0.3 is 11.1 Å². The van der Waals surface area contributed by atoms with E-state index >= 15 is 0 Å². The molecule has 100 valence electrons. The maximum atomic E-state index is 12.1. The number of hydrogen-bond donors (Lipinski definition) is 2. The van der Waals surface area contributed by atoms with Crippen molar-refractivity contribution in [2.45, 2.75) is 13.0 Å². The van der Waals surface area contributed by atoms with Crippen molar-refractivity contribution in [2.24, 2.45) is 0 Å². The summed E-state index contributed by atoms with van der Waals surface area (Å²) in [5.74, 6) is -0.230. The van der Waals surface area contributed by atoms with Gasteiger partial charge in [-0.25, -0.2) is 0 Å². The number of hydrogen-bond acceptors (Lipinski definition) is 3. The Labute approximate surface area is 125 Å². The highest BCUT2D eigenvalue weighted by atomic mass is 35.5. The van der Waals surface area contributed by atoms with Crippen LogP contribution in [0.1, 0.15) is 28.2 Å². The van der Waals surface area contributed by atoms with Crippen molar-refractivity contribution in [2.75, 3.05) is 5.73 Å². The molecule has 19 heavy (non-hydrogen) atoms. The van der Waals surface area contributed by atoms with Crippen molar-refractivity contribution in [3.8, 4) is 0 Å². The summed E-state index contributed by atoms with van der Waals surface area (Å²) >= 11 is 13.4. The lowest BCUT2D eigenvalue weighted by Gasteiger charge is -2.13. The van der Waals surface area contributed by atoms with Gasteiger partial charge >= 0.3 is 0 Å². The highest BCUT2D eigenvalue weighted by Gasteiger charge is 2.14. The second kappa shape index (κ2) is 5.82. The number of thiophene rings is 1. The molecule has 1 aromatic heterocycles. The molecule has 6 heteroatoms. The molecular weight excluding hydrogens is 303 g/mol. The molecule has 0 spiro atoms. The molecular formula is C13H12Cl2N2OS. The van der Waals surface area contributed by atoms with Crippen molar-refractivity contribution in [3.05, 3.63) is 50.1 Å². The summed E-state index contributed by atoms with van der Waals surface area (Å²) in [6, 6.07) is 6.88. The molecule has 0 bridgehead atoms. The van der Waals surface area contributed by atoms with E-state index in [1.165, 1.54) is 12.1 Å². The fourth-order valence-electron chi connectivity index (χ4n) is 1.63. The van der Waals surface area contributed by atoms with Crippen LogP contribution >= 0.6 is 34.5 Å². The Morgan fingerprint density at radius 2 is 2.16 bits per heavy atom. The van der Waals surface area contributed by atoms with Gasteiger partial charge in [-0.3, -0.25) is 4.79 Å². The number of nitrogens with two attached hydrogens (primary N) is 1. The molecule has 2 aromatic rings. The van der Waals surface area contributed by atoms with Gasteiger partial charge in [-0.15, -0.1) is 11.3 Å². The average Bonchev–Trinajstić information content (AvgIpc) is 2.89. The van der Waals surface area contributed by atoms with E-state index in [1.807, 2.05) is 24.4 Å². The third kappa shape index (κ3) is 3.21. The topological polar surface area (TPSA) is 55.1 Å². The Morgan fingerprint density at radius 3 is 2.74 bits per heavy atom. The molecule has 1 amide bonds. The fraction of sp³-hybridized carbons (Fsp3) is 0.154. The van der Waals surface area contributed by atoms with E-state index in [1.54, 1.807) is 11.3 Å². The summed E-state index contributed by atoms with van der Waals surface area (Å²) in [4.78, 5) is 13.2. The van der Waals surface area contributed by atoms with Crippen LogP contribution in [-0.2, 0) is 0 Å². The zero-order valence-corrected chi connectivity index (χ0v) is 12.4. The van der Waals surface area contributed by atoms with Crippen molar-refractivity contribution < 1.29 is 4.79 Å². The van der Waals surface area contributed by atoms with Gasteiger partial charge in [-0.1, -0.05) is 29.3 Å². The molecule has 1 atom stereocenters. The van der Waals surface area contributed by atoms with Crippen molar-refractivity contribution in [1.82, 2.24) is 5.32 Å². The molecule has 3 N–H and O–H groups in total. The molecule has 0 saturated heterocycles. The number of halogens is 2. The minimum absolute atomic E-state index is 0.0665. The molecule has 0 saturated carbocycles. The van der Waals surface area contributed by atoms with Crippen molar-refractivity contribution in [3.63, 3.8) is 0 Å². The SMILES string of the molecule is CC(NC(=O)c1cc(N)c(Cl)c(Cl)c1)c1cccs1. The van der Waals surface area contributed by atoms with Gasteiger partial charge in [0.25, 0.3) is 5.91 Å². The van der Waals surface area contributed by atoms with Gasteiger partial charge in [0.05, 0.1) is 21.8 Å². The standard InChI is InChI=1S/C13H12Cl2N2OS/c1-7(11-3-2-4-19-11)17-13(18)8-5-9(14)12(15)10(16)6-8/h2-7H,16H2,1H3,(H,17,18). The molecule has 0 aliphatic rings. The van der Waals surface area contributed by atoms with Crippen LogP contribution in [0.2, 0.25) is 10.0 Å². The smallest absolute Gasteiger partial charge is 0.251 e. The zero-order valence-electron chi connectivity index (χ0n) is 10.1. The third-order valence-corrected chi connectivity index (χ3v) is 4.51. The van der Waals surface area contributed by atoms with Crippen LogP contribution in [0.25, 0.3) is 0 Å². The van der Waals surface area contributed by atoms with Gasteiger partial charge in [0.1, 0.15) is 0 Å². The van der Waals surface area contributed by atoms with E-state index in [0.29, 0.717) is 11.3 Å². The highest BCUT2D eigenvalue weighted by molar-refractivity contribution is 7.10. The minimum atomic E-state index is -0.230. The second-order valence-corrected chi connectivity index (χ2v) is 5.84. The number of nitrogens with one attached hydrogen (secondary N) is 1. The first-order valence-corrected chi connectivity index (χ1v) is 7.21. The molecule has 1 heterocycles. The summed E-state index contributed by atoms with van der Waals surface area (Å²) in [6.07, 6.45) is 0. The van der Waals surface area contributed by atoms with Crippen LogP contribution in [0.4, 0.5) is 5.69 Å². The summed E-state index contributed by atoms with van der Waals surface area (Å²) in [6.45, 7) is 1.92. The number of carbonyl (C=O) groups is 1. The predicted molar refractivity (Wildman–Crippen MR) is 81.1 cm³/mol. The van der Waals surface area contributed by atoms with Crippen molar-refractivity contribution >= 4 is 46.1 Å². The van der Waals surface area contributed by atoms with Gasteiger partial charge in [0, 0.05) is 10.4 Å². The summed E-state index contributed by atoms with van der Waals surface area (Å²) < 4.78 is 0. The number of carbonyl (C=O) groups excluding carboxylic acids is 1. The third-order valence-electron chi connectivity index (χ3n) is 2.64. The van der Waals surface area contributed by atoms with E-state index < -0.39 is 0 Å². The summed E-state index contributed by atoms with van der Waals surface area (Å²) in [5, 5.41) is 5.40. The van der Waals surface area contributed by atoms with Gasteiger partial charge in [0.2, 0.25) is 0 Å². The molecule has 0 fully saturated rings. The number of benzene rings is 1. The highest BCUT2D eigenvalue weighted by Crippen LogP contribution is 2.29. The largest absolute Gasteiger partial charge is 0.397 e. The first-order chi connectivity index (χ1) is 8.99. The Morgan fingerprint density at radius 1 is 1.42 bits per heavy atom. The molecule has 3 nitrogen and oxygen atoms in total. The molecule has 2 rings (SSSR count). The number of anilines is 1. The number of nitrogen functional groups attached to an aromatic ring is 1. The average molecular weight is 315 g/mol. The Hall–Kier alpha value is -1.23. The van der Waals surface area contributed by atoms with Crippen LogP contribution in [-0.4, -0.2) is 5.91 Å². The van der Waals surface area contributed by atoms with E-state index in [2.05, 4.69) is 5.32 Å². The molecule has 1 unspecified atom stereocenters. The summed E-state index contributed by atoms with van der Waals surface area (Å²) in [7, 11) is 0. The van der Waals surface area contributed by atoms with Crippen LogP contribution < -0.4 is 11.1 Å². The van der Waals surface area contributed by atoms with Gasteiger partial charge in [-0.05, 0) is 30.5 Å². The van der Waals surface area contributed by atoms with Gasteiger partial charge in [-0.2, -0.15) is 0 Å². The number of amides is 1. The van der Waals surface area contributed by atoms with Crippen molar-refractivity contribution in [1.29, 1.82) is 0 Å². The maximum absolute atomic E-state index is 12.1. The van der Waals surface area contributed by atoms with Crippen LogP contribution in [0.15, 0.2) is 29.6 Å². The predicted octanol–water partition coefficient (Wildman–Crippen LogP) is 4.13. The first kappa shape index (κ1) is 14.2. The van der Waals surface area contributed by atoms with E-state index in [9.17, 15) is 4.79 Å². The van der Waals surface area contributed by atoms with E-state index in [4.69, 9.17) is 28.9 Å². The van der Waals surface area contributed by atoms with E-state index in [0.717, 1.165) is 4.88 Å². The molecule has 1 aromatic carbocycles. The number of rotatable bonds is 3. The summed E-state index contributed by atoms with van der Waals surface area (Å²) in [5.41, 5.74) is 6.38. The zero-order chi connectivity index (χ0) is 14.0. The monoisotopic (exact) mass is 314 g/mol. The Bertz CT molecular complexity index is 576. The van der Waals surface area contributed by atoms with Gasteiger partial charge in [0.15, 0.2) is 0 Å². The lowest BCUT2D eigenvalue weighted by molar-refractivity contribution is 0.0940. The lowest BCUT2D eigenvalue weighted by atomic mass is 10.1. The lowest BCUT2D eigenvalue weighted by Crippen LogP contribution is -2.26. The van der Waals surface area contributed by atoms with Crippen LogP contribution in [0.3, 0.4) is 0 Å². The molecule has 0 aliphatic heterocycles. The van der Waals surface area contributed by atoms with Crippen LogP contribution in [0.5, 0.6) is 0 Å². The molecule has 0 aliphatic carbocycles. The van der Waals surface area contributed by atoms with Crippen LogP contribution in [0, 0.1) is 0 Å². The first-order valence-electron chi connectivity index (χ1n) is 5.58. The maximum Gasteiger partial charge on any atom is 0.251 e. The quantitative estimate of drug-likeness (QED) is 0.837. The van der Waals surface area contributed by atoms with E-state index in [-0.39, 0.29) is 22.0 Å². The minimum Gasteiger partial charge on any atom is -0.397 e. The normalized spacial score (nSPS) is 12.2. The fourth-order valence-corrected chi connectivity index (χ4v) is 2.70. The Balaban J connectivity index is 2.16. The Kier molecular flexibility index (Phi) is 4.34. The second-order valence-electron chi connectivity index (χ2n) is 4.07.